The molecule has 1 fully saturated rings. The number of nitrogen functional groups attached to an aromatic ring is 1. The Morgan fingerprint density at radius 3 is 1.88 bits per heavy atom. The van der Waals surface area contributed by atoms with Crippen LogP contribution in [0.1, 0.15) is 42.4 Å². The van der Waals surface area contributed by atoms with Crippen LogP contribution in [0.2, 0.25) is 0 Å². The molecule has 1 aliphatic rings. The lowest BCUT2D eigenvalue weighted by atomic mass is 9.81. The Bertz CT molecular complexity index is 871. The number of hydrogen-bond acceptors (Lipinski definition) is 3. The minimum atomic E-state index is -5.88. The van der Waals surface area contributed by atoms with Gasteiger partial charge in [0.2, 0.25) is 0 Å². The smallest absolute Gasteiger partial charge is 0.399 e. The van der Waals surface area contributed by atoms with Crippen LogP contribution in [-0.4, -0.2) is 35.4 Å². The van der Waals surface area contributed by atoms with Gasteiger partial charge in [0, 0.05) is 17.8 Å². The maximum atomic E-state index is 13.0. The molecule has 176 valence electrons. The summed E-state index contributed by atoms with van der Waals surface area (Å²) in [5.41, 5.74) is 2.13. The fraction of sp³-hybridized carbons (Fsp3) is 0.478. The molecule has 1 saturated heterocycles. The lowest BCUT2D eigenvalue weighted by Crippen LogP contribution is -2.53. The molecule has 9 heteroatoms. The molecule has 0 radical (unpaired) electrons. The molecular weight excluding hydrogens is 434 g/mol. The summed E-state index contributed by atoms with van der Waals surface area (Å²) in [4.78, 5) is 2.13. The van der Waals surface area contributed by atoms with Crippen molar-refractivity contribution >= 4 is 5.69 Å². The van der Waals surface area contributed by atoms with E-state index in [0.29, 0.717) is 41.8 Å². The first-order valence-electron chi connectivity index (χ1n) is 10.4. The number of rotatable bonds is 5. The second kappa shape index (κ2) is 8.94. The third-order valence-electron chi connectivity index (χ3n) is 6.40. The van der Waals surface area contributed by atoms with E-state index in [1.165, 1.54) is 17.7 Å². The molecule has 1 heterocycles. The number of halogens is 6. The van der Waals surface area contributed by atoms with E-state index < -0.39 is 23.5 Å². The molecule has 0 saturated carbocycles. The van der Waals surface area contributed by atoms with Crippen LogP contribution in [0.5, 0.6) is 0 Å². The summed E-state index contributed by atoms with van der Waals surface area (Å²) in [6.07, 6.45) is -9.89. The lowest BCUT2D eigenvalue weighted by molar-refractivity contribution is -0.376. The van der Waals surface area contributed by atoms with E-state index in [0.717, 1.165) is 25.9 Å². The summed E-state index contributed by atoms with van der Waals surface area (Å²) >= 11 is 0. The minimum Gasteiger partial charge on any atom is -0.399 e. The van der Waals surface area contributed by atoms with Crippen LogP contribution in [0.25, 0.3) is 0 Å². The van der Waals surface area contributed by atoms with Crippen molar-refractivity contribution in [3.05, 3.63) is 65.2 Å². The van der Waals surface area contributed by atoms with Crippen molar-refractivity contribution in [3.8, 4) is 0 Å². The van der Waals surface area contributed by atoms with Crippen molar-refractivity contribution in [2.45, 2.75) is 50.2 Å². The number of alkyl halides is 6. The fourth-order valence-electron chi connectivity index (χ4n) is 4.28. The van der Waals surface area contributed by atoms with Gasteiger partial charge in [0.1, 0.15) is 0 Å². The molecular formula is C23H26F6N2O. The summed E-state index contributed by atoms with van der Waals surface area (Å²) < 4.78 is 78.1. The van der Waals surface area contributed by atoms with Gasteiger partial charge < -0.3 is 10.8 Å². The normalized spacial score (nSPS) is 18.0. The summed E-state index contributed by atoms with van der Waals surface area (Å²) in [5, 5.41) is 9.49. The molecule has 3 N–H and O–H groups in total. The largest absolute Gasteiger partial charge is 0.430 e. The van der Waals surface area contributed by atoms with Crippen LogP contribution in [0.3, 0.4) is 0 Å². The number of likely N-dealkylation sites (tertiary alicyclic amines) is 1. The second-order valence-corrected chi connectivity index (χ2v) is 8.47. The van der Waals surface area contributed by atoms with E-state index in [-0.39, 0.29) is 0 Å². The highest BCUT2D eigenvalue weighted by Gasteiger charge is 2.71. The average molecular weight is 460 g/mol. The molecule has 3 nitrogen and oxygen atoms in total. The molecule has 0 bridgehead atoms. The Balaban J connectivity index is 1.62. The van der Waals surface area contributed by atoms with Gasteiger partial charge in [-0.15, -0.1) is 0 Å². The van der Waals surface area contributed by atoms with E-state index in [2.05, 4.69) is 11.8 Å². The summed E-state index contributed by atoms with van der Waals surface area (Å²) in [5.74, 6) is 0.838. The van der Waals surface area contributed by atoms with E-state index in [4.69, 9.17) is 5.73 Å². The van der Waals surface area contributed by atoms with E-state index in [1.54, 1.807) is 0 Å². The zero-order chi connectivity index (χ0) is 23.7. The Morgan fingerprint density at radius 2 is 1.41 bits per heavy atom. The van der Waals surface area contributed by atoms with Gasteiger partial charge in [-0.25, -0.2) is 0 Å². The zero-order valence-corrected chi connectivity index (χ0v) is 17.5. The highest BCUT2D eigenvalue weighted by Crippen LogP contribution is 2.50. The molecule has 32 heavy (non-hydrogen) atoms. The molecule has 2 aromatic carbocycles. The predicted molar refractivity (Wildman–Crippen MR) is 110 cm³/mol. The van der Waals surface area contributed by atoms with Crippen molar-refractivity contribution in [3.63, 3.8) is 0 Å². The number of nitrogens with zero attached hydrogens (tertiary/aromatic N) is 1. The Hall–Kier alpha value is -2.26. The SMILES string of the molecule is CC(c1ccc(N)cc1)C1CCN(Cc2ccc(C(O)(C(F)(F)F)C(F)(F)F)cc2)CC1. The van der Waals surface area contributed by atoms with Gasteiger partial charge in [-0.1, -0.05) is 43.3 Å². The monoisotopic (exact) mass is 460 g/mol. The van der Waals surface area contributed by atoms with Crippen LogP contribution >= 0.6 is 0 Å². The number of aliphatic hydroxyl groups is 1. The van der Waals surface area contributed by atoms with Gasteiger partial charge >= 0.3 is 12.4 Å². The number of benzene rings is 2. The number of piperidine rings is 1. The lowest BCUT2D eigenvalue weighted by Gasteiger charge is -2.35. The van der Waals surface area contributed by atoms with Gasteiger partial charge in [0.15, 0.2) is 0 Å². The van der Waals surface area contributed by atoms with Gasteiger partial charge in [-0.2, -0.15) is 26.3 Å². The minimum absolute atomic E-state index is 0.361. The van der Waals surface area contributed by atoms with Crippen LogP contribution in [0.15, 0.2) is 48.5 Å². The maximum absolute atomic E-state index is 13.0. The summed E-state index contributed by atoms with van der Waals surface area (Å²) in [6, 6.07) is 11.6. The molecule has 0 spiro atoms. The molecule has 0 aliphatic carbocycles. The van der Waals surface area contributed by atoms with Gasteiger partial charge in [0.25, 0.3) is 5.60 Å². The van der Waals surface area contributed by atoms with Crippen molar-refractivity contribution in [2.24, 2.45) is 5.92 Å². The third-order valence-corrected chi connectivity index (χ3v) is 6.40. The molecule has 0 amide bonds. The summed E-state index contributed by atoms with van der Waals surface area (Å²) in [7, 11) is 0. The second-order valence-electron chi connectivity index (χ2n) is 8.47. The molecule has 2 aromatic rings. The third kappa shape index (κ3) is 4.88. The first-order valence-corrected chi connectivity index (χ1v) is 10.4. The Morgan fingerprint density at radius 1 is 0.906 bits per heavy atom. The van der Waals surface area contributed by atoms with Crippen molar-refractivity contribution in [2.75, 3.05) is 18.8 Å². The van der Waals surface area contributed by atoms with Crippen molar-refractivity contribution in [1.82, 2.24) is 4.90 Å². The quantitative estimate of drug-likeness (QED) is 0.451. The van der Waals surface area contributed by atoms with Crippen LogP contribution in [-0.2, 0) is 12.1 Å². The molecule has 1 atom stereocenters. The topological polar surface area (TPSA) is 49.5 Å². The number of nitrogens with two attached hydrogens (primary N) is 1. The standard InChI is InChI=1S/C23H26F6N2O/c1-15(17-4-8-20(30)9-5-17)18-10-12-31(13-11-18)14-16-2-6-19(7-3-16)21(32,22(24,25)26)23(27,28)29/h2-9,15,18,32H,10-14,30H2,1H3. The predicted octanol–water partition coefficient (Wildman–Crippen LogP) is 5.60. The Labute approximate surface area is 182 Å². The van der Waals surface area contributed by atoms with Crippen LogP contribution < -0.4 is 5.73 Å². The average Bonchev–Trinajstić information content (AvgIpc) is 2.73. The first kappa shape index (κ1) is 24.4. The van der Waals surface area contributed by atoms with E-state index >= 15 is 0 Å². The fourth-order valence-corrected chi connectivity index (χ4v) is 4.28. The van der Waals surface area contributed by atoms with Gasteiger partial charge in [-0.05, 0) is 61.0 Å². The van der Waals surface area contributed by atoms with Gasteiger partial charge in [-0.3, -0.25) is 4.90 Å². The molecule has 1 aliphatic heterocycles. The maximum Gasteiger partial charge on any atom is 0.430 e. The van der Waals surface area contributed by atoms with Gasteiger partial charge in [0.05, 0.1) is 0 Å². The number of anilines is 1. The molecule has 1 unspecified atom stereocenters. The molecule has 3 rings (SSSR count). The summed E-state index contributed by atoms with van der Waals surface area (Å²) in [6.45, 7) is 4.15. The highest BCUT2D eigenvalue weighted by atomic mass is 19.4. The van der Waals surface area contributed by atoms with Crippen LogP contribution in [0, 0.1) is 5.92 Å². The Kier molecular flexibility index (Phi) is 6.81. The van der Waals surface area contributed by atoms with Crippen molar-refractivity contribution < 1.29 is 31.4 Å². The van der Waals surface area contributed by atoms with Crippen molar-refractivity contribution in [1.29, 1.82) is 0 Å². The van der Waals surface area contributed by atoms with Crippen LogP contribution in [0.4, 0.5) is 32.0 Å². The van der Waals surface area contributed by atoms with E-state index in [9.17, 15) is 31.4 Å². The van der Waals surface area contributed by atoms with E-state index in [1.807, 2.05) is 24.3 Å². The highest BCUT2D eigenvalue weighted by molar-refractivity contribution is 5.40. The number of hydrogen-bond donors (Lipinski definition) is 2. The zero-order valence-electron chi connectivity index (χ0n) is 17.5. The molecule has 0 aromatic heterocycles. The first-order chi connectivity index (χ1) is 14.8.